The van der Waals surface area contributed by atoms with Crippen molar-refractivity contribution in [1.82, 2.24) is 40.0 Å². The summed E-state index contributed by atoms with van der Waals surface area (Å²) >= 11 is 0. The quantitative estimate of drug-likeness (QED) is 0.536. The summed E-state index contributed by atoms with van der Waals surface area (Å²) in [6.45, 7) is 9.51. The van der Waals surface area contributed by atoms with Gasteiger partial charge in [-0.15, -0.1) is 5.10 Å². The molecule has 38 heavy (non-hydrogen) atoms. The molecule has 5 rings (SSSR count). The lowest BCUT2D eigenvalue weighted by Crippen LogP contribution is -2.52. The number of rotatable bonds is 5. The third kappa shape index (κ3) is 5.12. The highest BCUT2D eigenvalue weighted by Crippen LogP contribution is 2.36. The fourth-order valence-corrected chi connectivity index (χ4v) is 5.17. The molecule has 0 radical (unpaired) electrons. The number of ether oxygens (including phenoxy) is 2. The molecule has 1 amide bonds. The molecule has 1 aromatic carbocycles. The topological polar surface area (TPSA) is 112 Å². The Hall–Kier alpha value is -3.45. The Labute approximate surface area is 219 Å². The standard InChI is InChI=1S/C25H32F2N8O3/c1-6-35-20-12-34(11-19(20)28-22(35)23-30-31-32-33(23)5)15-10-18(29-24(36)38-25(2,3)4)21(37-13-15)16-9-14(26)7-8-17(16)27/h7-9,15,18,21H,6,10-13H2,1-5H3,(H,29,36)/t15-,18+,21-/m1/s1. The molecule has 2 aliphatic heterocycles. The highest BCUT2D eigenvalue weighted by molar-refractivity contribution is 5.68. The minimum absolute atomic E-state index is 0.0650. The third-order valence-corrected chi connectivity index (χ3v) is 6.84. The fraction of sp³-hybridized carbons (Fsp3) is 0.560. The van der Waals surface area contributed by atoms with E-state index in [1.54, 1.807) is 32.5 Å². The second-order valence-electron chi connectivity index (χ2n) is 10.7. The lowest BCUT2D eigenvalue weighted by molar-refractivity contribution is -0.0630. The van der Waals surface area contributed by atoms with E-state index in [1.807, 2.05) is 6.92 Å². The smallest absolute Gasteiger partial charge is 0.407 e. The van der Waals surface area contributed by atoms with Gasteiger partial charge < -0.3 is 19.4 Å². The maximum absolute atomic E-state index is 14.7. The zero-order valence-corrected chi connectivity index (χ0v) is 22.1. The predicted octanol–water partition coefficient (Wildman–Crippen LogP) is 3.11. The van der Waals surface area contributed by atoms with Crippen LogP contribution in [0.15, 0.2) is 18.2 Å². The molecule has 2 aliphatic rings. The Morgan fingerprint density at radius 2 is 2.03 bits per heavy atom. The number of benzene rings is 1. The Morgan fingerprint density at radius 1 is 1.24 bits per heavy atom. The van der Waals surface area contributed by atoms with Crippen molar-refractivity contribution >= 4 is 6.09 Å². The van der Waals surface area contributed by atoms with E-state index in [0.717, 1.165) is 35.4 Å². The number of halogens is 2. The molecular weight excluding hydrogens is 498 g/mol. The molecule has 3 aromatic rings. The predicted molar refractivity (Wildman–Crippen MR) is 132 cm³/mol. The van der Waals surface area contributed by atoms with Gasteiger partial charge in [-0.1, -0.05) is 0 Å². The second kappa shape index (κ2) is 10.0. The van der Waals surface area contributed by atoms with Crippen LogP contribution >= 0.6 is 0 Å². The van der Waals surface area contributed by atoms with Gasteiger partial charge in [0.2, 0.25) is 5.82 Å². The first-order valence-corrected chi connectivity index (χ1v) is 12.6. The molecule has 0 spiro atoms. The van der Waals surface area contributed by atoms with Crippen molar-refractivity contribution in [2.45, 2.75) is 77.5 Å². The van der Waals surface area contributed by atoms with E-state index in [1.165, 1.54) is 0 Å². The van der Waals surface area contributed by atoms with Crippen LogP contribution in [0.1, 0.15) is 57.2 Å². The van der Waals surface area contributed by atoms with Crippen LogP contribution < -0.4 is 5.32 Å². The zero-order chi connectivity index (χ0) is 27.2. The Kier molecular flexibility index (Phi) is 6.90. The molecule has 2 aromatic heterocycles. The van der Waals surface area contributed by atoms with E-state index < -0.39 is 35.5 Å². The number of fused-ring (bicyclic) bond motifs is 1. The Balaban J connectivity index is 1.37. The van der Waals surface area contributed by atoms with Crippen LogP contribution in [0, 0.1) is 11.6 Å². The molecular formula is C25H32F2N8O3. The molecule has 4 heterocycles. The van der Waals surface area contributed by atoms with Crippen LogP contribution in [0.3, 0.4) is 0 Å². The maximum atomic E-state index is 14.7. The molecule has 11 nitrogen and oxygen atoms in total. The zero-order valence-electron chi connectivity index (χ0n) is 22.1. The fourth-order valence-electron chi connectivity index (χ4n) is 5.17. The van der Waals surface area contributed by atoms with Crippen LogP contribution in [0.4, 0.5) is 13.6 Å². The monoisotopic (exact) mass is 530 g/mol. The van der Waals surface area contributed by atoms with Gasteiger partial charge in [0.15, 0.2) is 5.82 Å². The van der Waals surface area contributed by atoms with Crippen molar-refractivity contribution in [2.24, 2.45) is 7.05 Å². The van der Waals surface area contributed by atoms with Gasteiger partial charge in [-0.25, -0.2) is 23.2 Å². The van der Waals surface area contributed by atoms with Gasteiger partial charge in [0.05, 0.1) is 24.0 Å². The van der Waals surface area contributed by atoms with Crippen LogP contribution in [-0.4, -0.2) is 65.0 Å². The molecule has 0 saturated carbocycles. The number of tetrazole rings is 1. The first kappa shape index (κ1) is 26.2. The number of alkyl carbamates (subject to hydrolysis) is 1. The number of hydrogen-bond donors (Lipinski definition) is 1. The van der Waals surface area contributed by atoms with Crippen molar-refractivity contribution in [1.29, 1.82) is 0 Å². The van der Waals surface area contributed by atoms with Crippen molar-refractivity contribution in [3.8, 4) is 11.6 Å². The molecule has 1 N–H and O–H groups in total. The number of amides is 1. The number of hydrogen-bond acceptors (Lipinski definition) is 8. The molecule has 1 saturated heterocycles. The average Bonchev–Trinajstić information content (AvgIpc) is 3.53. The van der Waals surface area contributed by atoms with Gasteiger partial charge >= 0.3 is 6.09 Å². The summed E-state index contributed by atoms with van der Waals surface area (Å²) in [7, 11) is 1.77. The number of carbonyl (C=O) groups excluding carboxylic acids is 1. The first-order valence-electron chi connectivity index (χ1n) is 12.6. The van der Waals surface area contributed by atoms with Gasteiger partial charge in [-0.2, -0.15) is 0 Å². The number of aryl methyl sites for hydroxylation is 1. The van der Waals surface area contributed by atoms with Crippen molar-refractivity contribution in [3.05, 3.63) is 46.8 Å². The summed E-state index contributed by atoms with van der Waals surface area (Å²) in [4.78, 5) is 19.7. The van der Waals surface area contributed by atoms with Gasteiger partial charge in [-0.05, 0) is 62.7 Å². The van der Waals surface area contributed by atoms with Crippen molar-refractivity contribution in [3.63, 3.8) is 0 Å². The molecule has 0 bridgehead atoms. The second-order valence-corrected chi connectivity index (χ2v) is 10.7. The van der Waals surface area contributed by atoms with Crippen molar-refractivity contribution in [2.75, 3.05) is 6.61 Å². The Bertz CT molecular complexity index is 1330. The summed E-state index contributed by atoms with van der Waals surface area (Å²) in [5.41, 5.74) is 1.35. The average molecular weight is 531 g/mol. The number of nitrogens with one attached hydrogen (secondary N) is 1. The Morgan fingerprint density at radius 3 is 2.71 bits per heavy atom. The number of imidazole rings is 1. The van der Waals surface area contributed by atoms with Crippen LogP contribution in [-0.2, 0) is 36.2 Å². The van der Waals surface area contributed by atoms with Crippen LogP contribution in [0.2, 0.25) is 0 Å². The minimum Gasteiger partial charge on any atom is -0.444 e. The molecule has 0 unspecified atom stereocenters. The van der Waals surface area contributed by atoms with Gasteiger partial charge in [-0.3, -0.25) is 4.90 Å². The summed E-state index contributed by atoms with van der Waals surface area (Å²) in [6, 6.07) is 2.51. The summed E-state index contributed by atoms with van der Waals surface area (Å²) < 4.78 is 44.0. The normalized spacial score (nSPS) is 21.9. The van der Waals surface area contributed by atoms with Crippen LogP contribution in [0.5, 0.6) is 0 Å². The van der Waals surface area contributed by atoms with Gasteiger partial charge in [0.1, 0.15) is 23.3 Å². The van der Waals surface area contributed by atoms with E-state index >= 15 is 0 Å². The molecule has 1 fully saturated rings. The largest absolute Gasteiger partial charge is 0.444 e. The summed E-state index contributed by atoms with van der Waals surface area (Å²) in [6.07, 6.45) is -1.05. The number of aromatic nitrogens is 6. The highest BCUT2D eigenvalue weighted by atomic mass is 19.1. The maximum Gasteiger partial charge on any atom is 0.407 e. The van der Waals surface area contributed by atoms with E-state index in [9.17, 15) is 13.6 Å². The minimum atomic E-state index is -0.864. The summed E-state index contributed by atoms with van der Waals surface area (Å²) in [5, 5.41) is 14.6. The molecule has 204 valence electrons. The van der Waals surface area contributed by atoms with E-state index in [-0.39, 0.29) is 18.2 Å². The van der Waals surface area contributed by atoms with E-state index in [0.29, 0.717) is 31.9 Å². The van der Waals surface area contributed by atoms with E-state index in [4.69, 9.17) is 14.5 Å². The number of nitrogens with zero attached hydrogens (tertiary/aromatic N) is 7. The number of carbonyl (C=O) groups is 1. The molecule has 0 aliphatic carbocycles. The third-order valence-electron chi connectivity index (χ3n) is 6.84. The molecule has 13 heteroatoms. The SMILES string of the molecule is CCn1c(-c2nnnn2C)nc2c1CN([C@H]1CO[C@H](c3cc(F)ccc3F)[C@@H](NC(=O)OC(C)(C)C)C1)C2. The first-order chi connectivity index (χ1) is 18.0. The van der Waals surface area contributed by atoms with E-state index in [2.05, 4.69) is 30.3 Å². The lowest BCUT2D eigenvalue weighted by atomic mass is 9.92. The van der Waals surface area contributed by atoms with Gasteiger partial charge in [0.25, 0.3) is 0 Å². The molecule has 3 atom stereocenters. The lowest BCUT2D eigenvalue weighted by Gasteiger charge is -2.40. The van der Waals surface area contributed by atoms with Gasteiger partial charge in [0, 0.05) is 38.3 Å². The van der Waals surface area contributed by atoms with Crippen LogP contribution in [0.25, 0.3) is 11.6 Å². The summed E-state index contributed by atoms with van der Waals surface area (Å²) in [5.74, 6) is 0.146. The highest BCUT2D eigenvalue weighted by Gasteiger charge is 2.40. The van der Waals surface area contributed by atoms with Crippen molar-refractivity contribution < 1.29 is 23.0 Å².